The van der Waals surface area contributed by atoms with Crippen molar-refractivity contribution in [1.82, 2.24) is 19.3 Å². The molecule has 1 fully saturated rings. The molecule has 6 nitrogen and oxygen atoms in total. The van der Waals surface area contributed by atoms with Gasteiger partial charge in [-0.15, -0.1) is 0 Å². The van der Waals surface area contributed by atoms with Crippen molar-refractivity contribution in [1.29, 1.82) is 0 Å². The molecule has 6 heteroatoms. The molecule has 0 bridgehead atoms. The van der Waals surface area contributed by atoms with E-state index < -0.39 is 5.92 Å². The Labute approximate surface area is 189 Å². The highest BCUT2D eigenvalue weighted by Gasteiger charge is 2.45. The molecule has 2 aromatic carbocycles. The van der Waals surface area contributed by atoms with E-state index in [2.05, 4.69) is 34.7 Å². The second kappa shape index (κ2) is 8.10. The summed E-state index contributed by atoms with van der Waals surface area (Å²) in [6.07, 6.45) is 2.09. The van der Waals surface area contributed by atoms with Gasteiger partial charge >= 0.3 is 0 Å². The fraction of sp³-hybridized carbons (Fsp3) is 0.385. The van der Waals surface area contributed by atoms with Crippen LogP contribution in [0.5, 0.6) is 0 Å². The normalized spacial score (nSPS) is 21.8. The molecule has 0 radical (unpaired) electrons. The maximum Gasteiger partial charge on any atom is 0.254 e. The van der Waals surface area contributed by atoms with Crippen LogP contribution in [-0.2, 0) is 11.8 Å². The van der Waals surface area contributed by atoms with Crippen LogP contribution >= 0.6 is 0 Å². The quantitative estimate of drug-likeness (QED) is 0.641. The third-order valence-electron chi connectivity index (χ3n) is 7.22. The molecule has 5 rings (SSSR count). The minimum Gasteiger partial charge on any atom is -0.350 e. The van der Waals surface area contributed by atoms with Crippen molar-refractivity contribution in [3.63, 3.8) is 0 Å². The van der Waals surface area contributed by atoms with Gasteiger partial charge in [0.25, 0.3) is 5.91 Å². The lowest BCUT2D eigenvalue weighted by Gasteiger charge is -2.43. The van der Waals surface area contributed by atoms with Crippen LogP contribution < -0.4 is 0 Å². The molecule has 32 heavy (non-hydrogen) atoms. The van der Waals surface area contributed by atoms with Gasteiger partial charge in [0.05, 0.1) is 12.0 Å². The summed E-state index contributed by atoms with van der Waals surface area (Å²) in [4.78, 5) is 33.5. The smallest absolute Gasteiger partial charge is 0.254 e. The Morgan fingerprint density at radius 2 is 1.62 bits per heavy atom. The van der Waals surface area contributed by atoms with E-state index in [1.165, 1.54) is 0 Å². The topological polar surface area (TPSA) is 48.8 Å². The largest absolute Gasteiger partial charge is 0.350 e. The fourth-order valence-corrected chi connectivity index (χ4v) is 5.42. The summed E-state index contributed by atoms with van der Waals surface area (Å²) in [5, 5.41) is 1.09. The van der Waals surface area contributed by atoms with Crippen LogP contribution in [0.15, 0.2) is 54.7 Å². The molecule has 3 aromatic rings. The molecule has 0 N–H and O–H groups in total. The minimum absolute atomic E-state index is 0.0293. The predicted octanol–water partition coefficient (Wildman–Crippen LogP) is 3.25. The number of hydrogen-bond donors (Lipinski definition) is 0. The third kappa shape index (κ3) is 3.21. The van der Waals surface area contributed by atoms with Crippen molar-refractivity contribution in [3.05, 3.63) is 71.4 Å². The number of piperazine rings is 1. The summed E-state index contributed by atoms with van der Waals surface area (Å²) in [5.74, 6) is -0.336. The first-order valence-corrected chi connectivity index (χ1v) is 11.4. The average molecular weight is 431 g/mol. The number of amides is 2. The lowest BCUT2D eigenvalue weighted by molar-refractivity contribution is -0.136. The highest BCUT2D eigenvalue weighted by molar-refractivity contribution is 6.02. The van der Waals surface area contributed by atoms with Gasteiger partial charge in [0.2, 0.25) is 5.91 Å². The molecule has 2 aliphatic rings. The number of benzene rings is 2. The maximum atomic E-state index is 14.1. The first-order chi connectivity index (χ1) is 15.5. The highest BCUT2D eigenvalue weighted by atomic mass is 16.2. The monoisotopic (exact) mass is 430 g/mol. The average Bonchev–Trinajstić information content (AvgIpc) is 3.17. The number of aromatic nitrogens is 1. The second-order valence-corrected chi connectivity index (χ2v) is 8.90. The van der Waals surface area contributed by atoms with E-state index in [0.29, 0.717) is 5.56 Å². The van der Waals surface area contributed by atoms with Crippen LogP contribution in [0.2, 0.25) is 0 Å². The minimum atomic E-state index is -0.423. The third-order valence-corrected chi connectivity index (χ3v) is 7.22. The van der Waals surface area contributed by atoms with Crippen LogP contribution in [0.4, 0.5) is 0 Å². The molecule has 0 spiro atoms. The number of nitrogens with zero attached hydrogens (tertiary/aromatic N) is 4. The van der Waals surface area contributed by atoms with Gasteiger partial charge in [0.1, 0.15) is 0 Å². The zero-order valence-corrected chi connectivity index (χ0v) is 19.0. The Kier molecular flexibility index (Phi) is 5.25. The number of aryl methyl sites for hydroxylation is 1. The number of para-hydroxylation sites is 1. The van der Waals surface area contributed by atoms with E-state index in [-0.39, 0.29) is 17.9 Å². The van der Waals surface area contributed by atoms with Gasteiger partial charge in [-0.25, -0.2) is 0 Å². The lowest BCUT2D eigenvalue weighted by Crippen LogP contribution is -2.52. The molecule has 2 aliphatic heterocycles. The molecule has 2 amide bonds. The van der Waals surface area contributed by atoms with Crippen molar-refractivity contribution < 1.29 is 9.59 Å². The van der Waals surface area contributed by atoms with Crippen LogP contribution in [0.1, 0.15) is 40.4 Å². The van der Waals surface area contributed by atoms with Gasteiger partial charge in [-0.2, -0.15) is 0 Å². The summed E-state index contributed by atoms with van der Waals surface area (Å²) in [5.41, 5.74) is 3.61. The molecule has 2 unspecified atom stereocenters. The van der Waals surface area contributed by atoms with Gasteiger partial charge in [-0.1, -0.05) is 43.3 Å². The molecule has 1 saturated heterocycles. The Bertz CT molecular complexity index is 1180. The van der Waals surface area contributed by atoms with Crippen LogP contribution in [0, 0.1) is 0 Å². The molecule has 3 heterocycles. The van der Waals surface area contributed by atoms with Crippen LogP contribution in [-0.4, -0.2) is 70.9 Å². The summed E-state index contributed by atoms with van der Waals surface area (Å²) in [6.45, 7) is 6.40. The van der Waals surface area contributed by atoms with E-state index in [1.807, 2.05) is 55.4 Å². The number of hydrogen-bond acceptors (Lipinski definition) is 3. The van der Waals surface area contributed by atoms with Crippen LogP contribution in [0.25, 0.3) is 10.9 Å². The maximum absolute atomic E-state index is 14.1. The van der Waals surface area contributed by atoms with Crippen molar-refractivity contribution >= 4 is 22.7 Å². The fourth-order valence-electron chi connectivity index (χ4n) is 5.42. The van der Waals surface area contributed by atoms with Crippen molar-refractivity contribution in [2.75, 3.05) is 39.8 Å². The van der Waals surface area contributed by atoms with Crippen molar-refractivity contribution in [2.24, 2.45) is 7.05 Å². The Morgan fingerprint density at radius 3 is 2.38 bits per heavy atom. The molecule has 0 saturated carbocycles. The molecular weight excluding hydrogens is 400 g/mol. The highest BCUT2D eigenvalue weighted by Crippen LogP contribution is 2.45. The number of fused-ring (bicyclic) bond motifs is 2. The molecule has 166 valence electrons. The zero-order valence-electron chi connectivity index (χ0n) is 19.0. The number of rotatable bonds is 3. The van der Waals surface area contributed by atoms with Gasteiger partial charge in [-0.05, 0) is 24.2 Å². The summed E-state index contributed by atoms with van der Waals surface area (Å²) >= 11 is 0. The van der Waals surface area contributed by atoms with E-state index >= 15 is 0 Å². The summed E-state index contributed by atoms with van der Waals surface area (Å²) < 4.78 is 2.09. The number of likely N-dealkylation sites (N-methyl/N-ethyl adjacent to an activating group) is 2. The SMILES string of the molecule is CCN1CCN(C(=O)C2c3ccccc3C(=O)N(C)C2c2cn(C)c3ccccc23)CC1. The summed E-state index contributed by atoms with van der Waals surface area (Å²) in [7, 11) is 3.85. The molecule has 0 aliphatic carbocycles. The van der Waals surface area contributed by atoms with Crippen LogP contribution in [0.3, 0.4) is 0 Å². The van der Waals surface area contributed by atoms with Crippen molar-refractivity contribution in [3.8, 4) is 0 Å². The van der Waals surface area contributed by atoms with Gasteiger partial charge in [0.15, 0.2) is 0 Å². The summed E-state index contributed by atoms with van der Waals surface area (Å²) in [6, 6.07) is 15.5. The Balaban J connectivity index is 1.64. The molecular formula is C26H30N4O2. The molecule has 2 atom stereocenters. The van der Waals surface area contributed by atoms with E-state index in [4.69, 9.17) is 0 Å². The standard InChI is InChI=1S/C26H30N4O2/c1-4-29-13-15-30(16-14-29)26(32)23-19-10-5-6-11-20(19)25(31)28(3)24(23)21-17-27(2)22-12-8-7-9-18(21)22/h5-12,17,23-24H,4,13-16H2,1-3H3. The zero-order chi connectivity index (χ0) is 22.4. The second-order valence-electron chi connectivity index (χ2n) is 8.90. The van der Waals surface area contributed by atoms with E-state index in [9.17, 15) is 9.59 Å². The first kappa shape index (κ1) is 20.8. The number of carbonyl (C=O) groups is 2. The van der Waals surface area contributed by atoms with E-state index in [1.54, 1.807) is 4.90 Å². The Morgan fingerprint density at radius 1 is 0.938 bits per heavy atom. The van der Waals surface area contributed by atoms with Crippen molar-refractivity contribution in [2.45, 2.75) is 18.9 Å². The lowest BCUT2D eigenvalue weighted by atomic mass is 9.79. The molecule has 1 aromatic heterocycles. The predicted molar refractivity (Wildman–Crippen MR) is 126 cm³/mol. The van der Waals surface area contributed by atoms with Gasteiger partial charge in [0, 0.05) is 68.5 Å². The van der Waals surface area contributed by atoms with Gasteiger partial charge in [-0.3, -0.25) is 9.59 Å². The Hall–Kier alpha value is -3.12. The van der Waals surface area contributed by atoms with Gasteiger partial charge < -0.3 is 19.3 Å². The number of carbonyl (C=O) groups excluding carboxylic acids is 2. The first-order valence-electron chi connectivity index (χ1n) is 11.4. The van der Waals surface area contributed by atoms with E-state index in [0.717, 1.165) is 54.8 Å².